The Morgan fingerprint density at radius 1 is 1.29 bits per heavy atom. The summed E-state index contributed by atoms with van der Waals surface area (Å²) in [5, 5.41) is 3.41. The van der Waals surface area contributed by atoms with Crippen molar-refractivity contribution in [3.8, 4) is 0 Å². The number of rotatable bonds is 4. The summed E-state index contributed by atoms with van der Waals surface area (Å²) in [6.45, 7) is 0.920. The van der Waals surface area contributed by atoms with E-state index in [0.29, 0.717) is 0 Å². The average molecular weight is 403 g/mol. The van der Waals surface area contributed by atoms with Gasteiger partial charge in [0, 0.05) is 32.7 Å². The van der Waals surface area contributed by atoms with Crippen LogP contribution < -0.4 is 5.32 Å². The second-order valence-electron chi connectivity index (χ2n) is 3.67. The number of halogens is 2. The predicted molar refractivity (Wildman–Crippen MR) is 83.3 cm³/mol. The fourth-order valence-electron chi connectivity index (χ4n) is 1.50. The molecule has 2 aromatic rings. The van der Waals surface area contributed by atoms with E-state index in [9.17, 15) is 0 Å². The first-order chi connectivity index (χ1) is 8.25. The second-order valence-corrected chi connectivity index (χ2v) is 5.68. The van der Waals surface area contributed by atoms with E-state index in [1.165, 1.54) is 9.13 Å². The summed E-state index contributed by atoms with van der Waals surface area (Å²) in [7, 11) is 0. The van der Waals surface area contributed by atoms with Gasteiger partial charge >= 0.3 is 0 Å². The molecule has 1 N–H and O–H groups in total. The summed E-state index contributed by atoms with van der Waals surface area (Å²) in [5.74, 6) is 0. The molecule has 0 aliphatic rings. The molecule has 0 fully saturated rings. The molecule has 0 atom stereocenters. The second kappa shape index (κ2) is 6.35. The minimum Gasteiger partial charge on any atom is -0.385 e. The van der Waals surface area contributed by atoms with E-state index in [0.717, 1.165) is 23.1 Å². The summed E-state index contributed by atoms with van der Waals surface area (Å²) >= 11 is 5.81. The first-order valence-corrected chi connectivity index (χ1v) is 7.21. The van der Waals surface area contributed by atoms with Crippen LogP contribution in [0.15, 0.2) is 47.2 Å². The van der Waals surface area contributed by atoms with E-state index in [1.54, 1.807) is 6.20 Å². The van der Waals surface area contributed by atoms with Gasteiger partial charge in [-0.25, -0.2) is 0 Å². The predicted octanol–water partition coefficient (Wildman–Crippen LogP) is 4.10. The lowest BCUT2D eigenvalue weighted by atomic mass is 10.2. The van der Waals surface area contributed by atoms with Crippen LogP contribution in [0.3, 0.4) is 0 Å². The monoisotopic (exact) mass is 402 g/mol. The molecular weight excluding hydrogens is 391 g/mol. The van der Waals surface area contributed by atoms with Crippen LogP contribution in [0.5, 0.6) is 0 Å². The van der Waals surface area contributed by atoms with Crippen LogP contribution in [0.4, 0.5) is 5.69 Å². The van der Waals surface area contributed by atoms with Crippen molar-refractivity contribution < 1.29 is 0 Å². The third kappa shape index (κ3) is 3.96. The summed E-state index contributed by atoms with van der Waals surface area (Å²) in [6.07, 6.45) is 4.70. The number of nitrogens with zero attached hydrogens (tertiary/aromatic N) is 1. The molecule has 0 unspecified atom stereocenters. The number of hydrogen-bond donors (Lipinski definition) is 1. The number of hydrogen-bond acceptors (Lipinski definition) is 2. The molecular formula is C13H12BrIN2. The molecule has 1 heterocycles. The van der Waals surface area contributed by atoms with Crippen molar-refractivity contribution in [1.82, 2.24) is 4.98 Å². The fraction of sp³-hybridized carbons (Fsp3) is 0.154. The van der Waals surface area contributed by atoms with Crippen LogP contribution in [0.2, 0.25) is 0 Å². The largest absolute Gasteiger partial charge is 0.385 e. The molecule has 4 heteroatoms. The van der Waals surface area contributed by atoms with Crippen LogP contribution in [0.1, 0.15) is 5.56 Å². The quantitative estimate of drug-likeness (QED) is 0.778. The Bertz CT molecular complexity index is 488. The van der Waals surface area contributed by atoms with Crippen molar-refractivity contribution in [1.29, 1.82) is 0 Å². The van der Waals surface area contributed by atoms with Gasteiger partial charge in [0.1, 0.15) is 0 Å². The normalized spacial score (nSPS) is 10.2. The molecule has 0 aliphatic carbocycles. The van der Waals surface area contributed by atoms with Gasteiger partial charge in [0.05, 0.1) is 0 Å². The number of nitrogens with one attached hydrogen (secondary N) is 1. The van der Waals surface area contributed by atoms with Gasteiger partial charge in [-0.05, 0) is 74.8 Å². The number of benzene rings is 1. The van der Waals surface area contributed by atoms with E-state index in [4.69, 9.17) is 0 Å². The van der Waals surface area contributed by atoms with Crippen LogP contribution >= 0.6 is 38.5 Å². The smallest absolute Gasteiger partial charge is 0.0351 e. The average Bonchev–Trinajstić information content (AvgIpc) is 2.35. The lowest BCUT2D eigenvalue weighted by molar-refractivity contribution is 1.00. The SMILES string of the molecule is Brc1ccc(NCCc2cccnc2)cc1I. The maximum absolute atomic E-state index is 4.10. The highest BCUT2D eigenvalue weighted by molar-refractivity contribution is 14.1. The highest BCUT2D eigenvalue weighted by atomic mass is 127. The molecule has 17 heavy (non-hydrogen) atoms. The van der Waals surface area contributed by atoms with E-state index in [-0.39, 0.29) is 0 Å². The number of anilines is 1. The summed E-state index contributed by atoms with van der Waals surface area (Å²) in [4.78, 5) is 4.10. The molecule has 2 rings (SSSR count). The highest BCUT2D eigenvalue weighted by Gasteiger charge is 1.98. The van der Waals surface area contributed by atoms with E-state index in [2.05, 4.69) is 73.1 Å². The molecule has 0 saturated heterocycles. The summed E-state index contributed by atoms with van der Waals surface area (Å²) < 4.78 is 2.35. The Hall–Kier alpha value is -0.620. The van der Waals surface area contributed by atoms with Crippen LogP contribution in [0.25, 0.3) is 0 Å². The highest BCUT2D eigenvalue weighted by Crippen LogP contribution is 2.22. The third-order valence-electron chi connectivity index (χ3n) is 2.39. The number of aromatic nitrogens is 1. The van der Waals surface area contributed by atoms with Crippen LogP contribution in [-0.4, -0.2) is 11.5 Å². The maximum Gasteiger partial charge on any atom is 0.0351 e. The van der Waals surface area contributed by atoms with Crippen LogP contribution in [0, 0.1) is 3.57 Å². The van der Waals surface area contributed by atoms with Gasteiger partial charge < -0.3 is 5.32 Å². The molecule has 0 spiro atoms. The van der Waals surface area contributed by atoms with E-state index >= 15 is 0 Å². The van der Waals surface area contributed by atoms with Gasteiger partial charge in [-0.2, -0.15) is 0 Å². The van der Waals surface area contributed by atoms with Gasteiger partial charge in [-0.15, -0.1) is 0 Å². The van der Waals surface area contributed by atoms with Gasteiger partial charge in [0.15, 0.2) is 0 Å². The van der Waals surface area contributed by atoms with Crippen molar-refractivity contribution in [2.24, 2.45) is 0 Å². The molecule has 0 amide bonds. The van der Waals surface area contributed by atoms with Crippen molar-refractivity contribution >= 4 is 44.2 Å². The van der Waals surface area contributed by atoms with Crippen molar-refractivity contribution in [3.05, 3.63) is 56.3 Å². The zero-order valence-electron chi connectivity index (χ0n) is 9.16. The lowest BCUT2D eigenvalue weighted by Gasteiger charge is -2.07. The minimum absolute atomic E-state index is 0.920. The molecule has 0 aliphatic heterocycles. The minimum atomic E-state index is 0.920. The van der Waals surface area contributed by atoms with Crippen molar-refractivity contribution in [2.75, 3.05) is 11.9 Å². The first kappa shape index (κ1) is 12.8. The molecule has 1 aromatic carbocycles. The van der Waals surface area contributed by atoms with Gasteiger partial charge in [0.25, 0.3) is 0 Å². The molecule has 0 bridgehead atoms. The maximum atomic E-state index is 4.10. The topological polar surface area (TPSA) is 24.9 Å². The molecule has 2 nitrogen and oxygen atoms in total. The Morgan fingerprint density at radius 2 is 2.18 bits per heavy atom. The van der Waals surface area contributed by atoms with Gasteiger partial charge in [-0.1, -0.05) is 6.07 Å². The van der Waals surface area contributed by atoms with E-state index < -0.39 is 0 Å². The zero-order valence-corrected chi connectivity index (χ0v) is 12.9. The van der Waals surface area contributed by atoms with Gasteiger partial charge in [0.2, 0.25) is 0 Å². The first-order valence-electron chi connectivity index (χ1n) is 5.33. The Morgan fingerprint density at radius 3 is 2.88 bits per heavy atom. The Kier molecular flexibility index (Phi) is 4.79. The van der Waals surface area contributed by atoms with Crippen LogP contribution in [-0.2, 0) is 6.42 Å². The standard InChI is InChI=1S/C13H12BrIN2/c14-12-4-3-11(8-13(12)15)17-7-5-10-2-1-6-16-9-10/h1-4,6,8-9,17H,5,7H2. The third-order valence-corrected chi connectivity index (χ3v) is 4.71. The summed E-state index contributed by atoms with van der Waals surface area (Å²) in [5.41, 5.74) is 2.41. The van der Waals surface area contributed by atoms with Crippen molar-refractivity contribution in [3.63, 3.8) is 0 Å². The molecule has 0 radical (unpaired) electrons. The Labute approximate surface area is 123 Å². The van der Waals surface area contributed by atoms with E-state index in [1.807, 2.05) is 12.3 Å². The fourth-order valence-corrected chi connectivity index (χ4v) is 2.27. The zero-order chi connectivity index (χ0) is 12.1. The Balaban J connectivity index is 1.88. The molecule has 1 aromatic heterocycles. The molecule has 0 saturated carbocycles. The van der Waals surface area contributed by atoms with Crippen molar-refractivity contribution in [2.45, 2.75) is 6.42 Å². The molecule has 88 valence electrons. The number of pyridine rings is 1. The summed E-state index contributed by atoms with van der Waals surface area (Å²) in [6, 6.07) is 10.3. The lowest BCUT2D eigenvalue weighted by Crippen LogP contribution is -2.05. The van der Waals surface area contributed by atoms with Gasteiger partial charge in [-0.3, -0.25) is 4.98 Å².